The number of hydrogen-bond donors (Lipinski definition) is 4. The highest BCUT2D eigenvalue weighted by molar-refractivity contribution is 5.97. The predicted molar refractivity (Wildman–Crippen MR) is 118 cm³/mol. The summed E-state index contributed by atoms with van der Waals surface area (Å²) in [7, 11) is 0. The van der Waals surface area contributed by atoms with Crippen molar-refractivity contribution in [2.75, 3.05) is 13.2 Å². The maximum Gasteiger partial charge on any atom is 0.333 e. The molecule has 1 aromatic carbocycles. The molecule has 34 heavy (non-hydrogen) atoms. The zero-order chi connectivity index (χ0) is 25.5. The third-order valence-electron chi connectivity index (χ3n) is 5.22. The van der Waals surface area contributed by atoms with Gasteiger partial charge >= 0.3 is 11.9 Å². The molecule has 11 nitrogen and oxygen atoms in total. The number of aliphatic hydroxyl groups excluding tert-OH is 2. The lowest BCUT2D eigenvalue weighted by atomic mass is 10.0. The molecule has 1 fully saturated rings. The molecule has 0 saturated carbocycles. The highest BCUT2D eigenvalue weighted by Crippen LogP contribution is 2.28. The van der Waals surface area contributed by atoms with Crippen LogP contribution in [0.3, 0.4) is 0 Å². The summed E-state index contributed by atoms with van der Waals surface area (Å²) >= 11 is 0. The Morgan fingerprint density at radius 2 is 1.94 bits per heavy atom. The van der Waals surface area contributed by atoms with Crippen LogP contribution in [0.2, 0.25) is 0 Å². The molecule has 0 aliphatic carbocycles. The van der Waals surface area contributed by atoms with E-state index in [4.69, 9.17) is 18.9 Å². The van der Waals surface area contributed by atoms with E-state index in [1.54, 1.807) is 6.07 Å². The minimum atomic E-state index is -1.53. The molecule has 1 aromatic rings. The van der Waals surface area contributed by atoms with Crippen molar-refractivity contribution in [1.82, 2.24) is 5.32 Å². The molecule has 0 bridgehead atoms. The van der Waals surface area contributed by atoms with Crippen LogP contribution in [0.4, 0.5) is 0 Å². The molecular weight excluding hydrogens is 450 g/mol. The van der Waals surface area contributed by atoms with Crippen LogP contribution in [-0.2, 0) is 30.4 Å². The van der Waals surface area contributed by atoms with E-state index in [1.165, 1.54) is 19.1 Å². The van der Waals surface area contributed by atoms with Crippen LogP contribution < -0.4 is 10.1 Å². The summed E-state index contributed by atoms with van der Waals surface area (Å²) in [6, 6.07) is 4.43. The summed E-state index contributed by atoms with van der Waals surface area (Å²) in [6.45, 7) is 7.70. The van der Waals surface area contributed by atoms with Crippen LogP contribution in [0.25, 0.3) is 0 Å². The molecule has 4 N–H and O–H groups in total. The van der Waals surface area contributed by atoms with E-state index < -0.39 is 48.0 Å². The highest BCUT2D eigenvalue weighted by Gasteiger charge is 2.41. The van der Waals surface area contributed by atoms with Crippen LogP contribution >= 0.6 is 0 Å². The van der Waals surface area contributed by atoms with Crippen molar-refractivity contribution >= 4 is 17.8 Å². The van der Waals surface area contributed by atoms with Crippen molar-refractivity contribution in [2.45, 2.75) is 77.3 Å². The lowest BCUT2D eigenvalue weighted by Gasteiger charge is -2.35. The molecule has 0 radical (unpaired) electrons. The van der Waals surface area contributed by atoms with Gasteiger partial charge in [-0.05, 0) is 44.9 Å². The fourth-order valence-corrected chi connectivity index (χ4v) is 3.39. The predicted octanol–water partition coefficient (Wildman–Crippen LogP) is 0.985. The number of hydrogen-bond acceptors (Lipinski definition) is 9. The summed E-state index contributed by atoms with van der Waals surface area (Å²) in [6.07, 6.45) is -5.59. The Hall–Kier alpha value is -2.73. The van der Waals surface area contributed by atoms with Gasteiger partial charge in [-0.3, -0.25) is 9.59 Å². The second-order valence-corrected chi connectivity index (χ2v) is 8.55. The standard InChI is InChI=1S/C23H33NO10/c1-5-32-23(3,4)8-9-24-20(28)15-10-14(12-31-13(2)25)6-7-17(15)33-22-19(27)16(26)11-18(34-22)21(29)30/h6-7,10,16,18-19,22,26-27H,5,8-9,11-12H2,1-4H3,(H,24,28)(H,29,30)/t16-,18-,19+,22+/m0/s1. The average molecular weight is 484 g/mol. The summed E-state index contributed by atoms with van der Waals surface area (Å²) in [5.41, 5.74) is 0.123. The minimum Gasteiger partial charge on any atom is -0.479 e. The van der Waals surface area contributed by atoms with Gasteiger partial charge in [-0.25, -0.2) is 4.79 Å². The number of benzene rings is 1. The second-order valence-electron chi connectivity index (χ2n) is 8.55. The molecule has 1 aliphatic rings. The van der Waals surface area contributed by atoms with E-state index in [1.807, 2.05) is 20.8 Å². The van der Waals surface area contributed by atoms with Crippen molar-refractivity contribution in [3.63, 3.8) is 0 Å². The number of carboxylic acids is 1. The summed E-state index contributed by atoms with van der Waals surface area (Å²) in [5, 5.41) is 32.3. The Balaban J connectivity index is 2.23. The van der Waals surface area contributed by atoms with Crippen molar-refractivity contribution in [3.05, 3.63) is 29.3 Å². The average Bonchev–Trinajstić information content (AvgIpc) is 2.75. The Kier molecular flexibility index (Phi) is 9.80. The lowest BCUT2D eigenvalue weighted by molar-refractivity contribution is -0.238. The van der Waals surface area contributed by atoms with Crippen molar-refractivity contribution in [2.24, 2.45) is 0 Å². The molecule has 1 amide bonds. The van der Waals surface area contributed by atoms with Gasteiger partial charge in [0.05, 0.1) is 17.3 Å². The van der Waals surface area contributed by atoms with E-state index in [0.717, 1.165) is 0 Å². The number of carboxylic acid groups (broad SMARTS) is 1. The lowest BCUT2D eigenvalue weighted by Crippen LogP contribution is -2.52. The van der Waals surface area contributed by atoms with E-state index in [9.17, 15) is 29.7 Å². The Bertz CT molecular complexity index is 871. The maximum absolute atomic E-state index is 13.0. The molecule has 0 unspecified atom stereocenters. The first-order chi connectivity index (χ1) is 15.9. The van der Waals surface area contributed by atoms with Gasteiger partial charge in [-0.2, -0.15) is 0 Å². The molecule has 2 rings (SSSR count). The summed E-state index contributed by atoms with van der Waals surface area (Å²) in [5.74, 6) is -2.31. The van der Waals surface area contributed by atoms with Crippen LogP contribution in [0.1, 0.15) is 56.5 Å². The zero-order valence-electron chi connectivity index (χ0n) is 19.8. The number of ether oxygens (including phenoxy) is 4. The molecule has 4 atom stereocenters. The Morgan fingerprint density at radius 1 is 1.24 bits per heavy atom. The molecule has 11 heteroatoms. The van der Waals surface area contributed by atoms with Gasteiger partial charge in [0.1, 0.15) is 18.5 Å². The Morgan fingerprint density at radius 3 is 2.56 bits per heavy atom. The first-order valence-corrected chi connectivity index (χ1v) is 11.0. The van der Waals surface area contributed by atoms with Gasteiger partial charge in [-0.1, -0.05) is 6.07 Å². The van der Waals surface area contributed by atoms with Gasteiger partial charge in [0, 0.05) is 26.5 Å². The number of carbonyl (C=O) groups is 3. The monoisotopic (exact) mass is 483 g/mol. The van der Waals surface area contributed by atoms with Crippen LogP contribution in [-0.4, -0.2) is 76.5 Å². The van der Waals surface area contributed by atoms with Crippen LogP contribution in [0.5, 0.6) is 5.75 Å². The van der Waals surface area contributed by atoms with Crippen LogP contribution in [0.15, 0.2) is 18.2 Å². The highest BCUT2D eigenvalue weighted by atomic mass is 16.7. The number of aliphatic hydroxyl groups is 2. The number of nitrogens with one attached hydrogen (secondary N) is 1. The van der Waals surface area contributed by atoms with E-state index >= 15 is 0 Å². The summed E-state index contributed by atoms with van der Waals surface area (Å²) in [4.78, 5) is 35.4. The fourth-order valence-electron chi connectivity index (χ4n) is 3.39. The molecule has 0 spiro atoms. The van der Waals surface area contributed by atoms with Gasteiger partial charge in [0.25, 0.3) is 5.91 Å². The van der Waals surface area contributed by atoms with Gasteiger partial charge in [0.15, 0.2) is 6.10 Å². The van der Waals surface area contributed by atoms with Crippen molar-refractivity contribution in [1.29, 1.82) is 0 Å². The summed E-state index contributed by atoms with van der Waals surface area (Å²) < 4.78 is 21.5. The molecule has 190 valence electrons. The third-order valence-corrected chi connectivity index (χ3v) is 5.22. The molecule has 1 heterocycles. The largest absolute Gasteiger partial charge is 0.479 e. The quantitative estimate of drug-likeness (QED) is 0.334. The Labute approximate surface area is 198 Å². The minimum absolute atomic E-state index is 0.00423. The number of carbonyl (C=O) groups excluding carboxylic acids is 2. The zero-order valence-corrected chi connectivity index (χ0v) is 19.8. The second kappa shape index (κ2) is 12.1. The maximum atomic E-state index is 13.0. The SMILES string of the molecule is CCOC(C)(C)CCNC(=O)c1cc(COC(C)=O)ccc1O[C@@H]1O[C@H](C(=O)O)C[C@H](O)[C@H]1O. The first kappa shape index (κ1) is 27.5. The van der Waals surface area contributed by atoms with Crippen LogP contribution in [0, 0.1) is 0 Å². The fraction of sp³-hybridized carbons (Fsp3) is 0.609. The third kappa shape index (κ3) is 7.94. The normalized spacial score (nSPS) is 22.6. The smallest absolute Gasteiger partial charge is 0.333 e. The van der Waals surface area contributed by atoms with Crippen molar-refractivity contribution in [3.8, 4) is 5.75 Å². The first-order valence-electron chi connectivity index (χ1n) is 11.0. The van der Waals surface area contributed by atoms with Gasteiger partial charge < -0.3 is 39.6 Å². The van der Waals surface area contributed by atoms with E-state index in [2.05, 4.69) is 5.32 Å². The molecular formula is C23H33NO10. The van der Waals surface area contributed by atoms with E-state index in [-0.39, 0.29) is 24.3 Å². The van der Waals surface area contributed by atoms with Gasteiger partial charge in [0.2, 0.25) is 6.29 Å². The number of rotatable bonds is 11. The topological polar surface area (TPSA) is 161 Å². The number of amides is 1. The molecule has 0 aromatic heterocycles. The van der Waals surface area contributed by atoms with Crippen molar-refractivity contribution < 1.29 is 48.7 Å². The van der Waals surface area contributed by atoms with Gasteiger partial charge in [-0.15, -0.1) is 0 Å². The number of esters is 1. The van der Waals surface area contributed by atoms with E-state index in [0.29, 0.717) is 25.1 Å². The molecule has 1 aliphatic heterocycles. The molecule has 1 saturated heterocycles. The number of aliphatic carboxylic acids is 1.